The standard InChI is InChI=1S/C17H21F6NO5S/c1-14(2,3)29-13(25)24-12-7-5-11(6-8-12)15(16(18,19)20,17(21,22)23)9-10-28-30(4,26)27/h5-8H,9-10H2,1-4H3,(H,24,25). The Labute approximate surface area is 169 Å². The van der Waals surface area contributed by atoms with Crippen molar-refractivity contribution in [2.24, 2.45) is 0 Å². The van der Waals surface area contributed by atoms with Crippen LogP contribution in [0.2, 0.25) is 0 Å². The molecule has 6 nitrogen and oxygen atoms in total. The van der Waals surface area contributed by atoms with Gasteiger partial charge in [-0.3, -0.25) is 9.50 Å². The Hall–Kier alpha value is -2.02. The number of nitrogens with one attached hydrogen (secondary N) is 1. The van der Waals surface area contributed by atoms with E-state index in [1.54, 1.807) is 20.8 Å². The lowest BCUT2D eigenvalue weighted by Crippen LogP contribution is -2.54. The topological polar surface area (TPSA) is 81.7 Å². The molecule has 13 heteroatoms. The van der Waals surface area contributed by atoms with Gasteiger partial charge in [0.25, 0.3) is 10.1 Å². The molecular formula is C17H21F6NO5S. The first-order chi connectivity index (χ1) is 13.3. The average molecular weight is 465 g/mol. The lowest BCUT2D eigenvalue weighted by atomic mass is 9.76. The number of ether oxygens (including phenoxy) is 1. The van der Waals surface area contributed by atoms with E-state index in [9.17, 15) is 39.6 Å². The zero-order chi connectivity index (χ0) is 23.6. The molecule has 0 saturated heterocycles. The summed E-state index contributed by atoms with van der Waals surface area (Å²) in [5.74, 6) is 0. The Morgan fingerprint density at radius 1 is 0.967 bits per heavy atom. The Kier molecular flexibility index (Phi) is 7.47. The first-order valence-corrected chi connectivity index (χ1v) is 10.2. The summed E-state index contributed by atoms with van der Waals surface area (Å²) in [5.41, 5.74) is -6.53. The van der Waals surface area contributed by atoms with Crippen molar-refractivity contribution in [3.05, 3.63) is 29.8 Å². The highest BCUT2D eigenvalue weighted by atomic mass is 32.2. The molecule has 30 heavy (non-hydrogen) atoms. The van der Waals surface area contributed by atoms with E-state index >= 15 is 0 Å². The van der Waals surface area contributed by atoms with E-state index in [-0.39, 0.29) is 5.69 Å². The van der Waals surface area contributed by atoms with Gasteiger partial charge in [0, 0.05) is 5.69 Å². The Morgan fingerprint density at radius 2 is 1.43 bits per heavy atom. The second kappa shape index (κ2) is 8.61. The molecular weight excluding hydrogens is 444 g/mol. The molecule has 0 saturated carbocycles. The summed E-state index contributed by atoms with van der Waals surface area (Å²) in [5, 5.41) is 2.19. The van der Waals surface area contributed by atoms with Crippen LogP contribution in [0.3, 0.4) is 0 Å². The van der Waals surface area contributed by atoms with Gasteiger partial charge in [0.1, 0.15) is 5.60 Å². The third-order valence-corrected chi connectivity index (χ3v) is 4.36. The molecule has 0 radical (unpaired) electrons. The highest BCUT2D eigenvalue weighted by Gasteiger charge is 2.71. The van der Waals surface area contributed by atoms with Crippen LogP contribution in [-0.4, -0.2) is 45.3 Å². The lowest BCUT2D eigenvalue weighted by Gasteiger charge is -2.37. The van der Waals surface area contributed by atoms with Crippen LogP contribution in [0, 0.1) is 0 Å². The number of hydrogen-bond donors (Lipinski definition) is 1. The summed E-state index contributed by atoms with van der Waals surface area (Å²) in [6.07, 6.45) is -13.8. The van der Waals surface area contributed by atoms with Crippen molar-refractivity contribution >= 4 is 21.9 Å². The van der Waals surface area contributed by atoms with E-state index < -0.39 is 58.2 Å². The largest absolute Gasteiger partial charge is 0.444 e. The van der Waals surface area contributed by atoms with E-state index in [4.69, 9.17) is 4.74 Å². The van der Waals surface area contributed by atoms with Crippen LogP contribution in [0.4, 0.5) is 36.8 Å². The summed E-state index contributed by atoms with van der Waals surface area (Å²) < 4.78 is 113. The number of carbonyl (C=O) groups excluding carboxylic acids is 1. The van der Waals surface area contributed by atoms with Crippen LogP contribution in [-0.2, 0) is 24.5 Å². The molecule has 1 amide bonds. The zero-order valence-corrected chi connectivity index (χ0v) is 17.3. The fourth-order valence-corrected chi connectivity index (χ4v) is 2.91. The van der Waals surface area contributed by atoms with Gasteiger partial charge in [-0.25, -0.2) is 4.79 Å². The molecule has 0 heterocycles. The first kappa shape index (κ1) is 26.0. The van der Waals surface area contributed by atoms with E-state index in [1.165, 1.54) is 0 Å². The van der Waals surface area contributed by atoms with Crippen molar-refractivity contribution < 1.29 is 48.5 Å². The summed E-state index contributed by atoms with van der Waals surface area (Å²) in [7, 11) is -4.25. The highest BCUT2D eigenvalue weighted by Crippen LogP contribution is 2.54. The molecule has 1 aromatic carbocycles. The Balaban J connectivity index is 3.29. The smallest absolute Gasteiger partial charge is 0.412 e. The van der Waals surface area contributed by atoms with Gasteiger partial charge >= 0.3 is 18.4 Å². The van der Waals surface area contributed by atoms with Gasteiger partial charge in [0.2, 0.25) is 0 Å². The molecule has 1 rings (SSSR count). The maximum Gasteiger partial charge on any atom is 0.412 e. The molecule has 0 aromatic heterocycles. The molecule has 1 N–H and O–H groups in total. The van der Waals surface area contributed by atoms with Crippen LogP contribution < -0.4 is 5.32 Å². The molecule has 1 aromatic rings. The van der Waals surface area contributed by atoms with E-state index in [0.717, 1.165) is 12.1 Å². The fourth-order valence-electron chi connectivity index (χ4n) is 2.52. The third kappa shape index (κ3) is 6.76. The van der Waals surface area contributed by atoms with Crippen LogP contribution in [0.1, 0.15) is 32.8 Å². The van der Waals surface area contributed by atoms with Crippen molar-refractivity contribution in [1.29, 1.82) is 0 Å². The summed E-state index contributed by atoms with van der Waals surface area (Å²) >= 11 is 0. The maximum atomic E-state index is 13.7. The minimum Gasteiger partial charge on any atom is -0.444 e. The van der Waals surface area contributed by atoms with E-state index in [0.29, 0.717) is 18.4 Å². The molecule has 0 aliphatic carbocycles. The van der Waals surface area contributed by atoms with Gasteiger partial charge in [0.05, 0.1) is 12.9 Å². The monoisotopic (exact) mass is 465 g/mol. The molecule has 0 aliphatic rings. The zero-order valence-electron chi connectivity index (χ0n) is 16.4. The van der Waals surface area contributed by atoms with Crippen molar-refractivity contribution in [2.45, 2.75) is 50.6 Å². The SMILES string of the molecule is CC(C)(C)OC(=O)Nc1ccc(C(CCOS(C)(=O)=O)(C(F)(F)F)C(F)(F)F)cc1. The molecule has 0 atom stereocenters. The normalized spacial score (nSPS) is 13.8. The Morgan fingerprint density at radius 3 is 1.80 bits per heavy atom. The van der Waals surface area contributed by atoms with Gasteiger partial charge in [0.15, 0.2) is 5.41 Å². The van der Waals surface area contributed by atoms with Gasteiger partial charge in [-0.15, -0.1) is 0 Å². The predicted molar refractivity (Wildman–Crippen MR) is 95.5 cm³/mol. The number of halogens is 6. The van der Waals surface area contributed by atoms with Crippen molar-refractivity contribution in [1.82, 2.24) is 0 Å². The second-order valence-electron chi connectivity index (χ2n) is 7.38. The molecule has 0 bridgehead atoms. The van der Waals surface area contributed by atoms with E-state index in [2.05, 4.69) is 9.50 Å². The predicted octanol–water partition coefficient (Wildman–Crippen LogP) is 4.76. The van der Waals surface area contributed by atoms with Gasteiger partial charge < -0.3 is 4.74 Å². The number of rotatable bonds is 6. The van der Waals surface area contributed by atoms with Crippen LogP contribution >= 0.6 is 0 Å². The van der Waals surface area contributed by atoms with Gasteiger partial charge in [-0.1, -0.05) is 12.1 Å². The van der Waals surface area contributed by atoms with Crippen LogP contribution in [0.5, 0.6) is 0 Å². The molecule has 0 aliphatic heterocycles. The van der Waals surface area contributed by atoms with Crippen LogP contribution in [0.15, 0.2) is 24.3 Å². The number of amides is 1. The van der Waals surface area contributed by atoms with Crippen molar-refractivity contribution in [3.8, 4) is 0 Å². The van der Waals surface area contributed by atoms with Gasteiger partial charge in [-0.05, 0) is 44.9 Å². The minimum atomic E-state index is -5.81. The highest BCUT2D eigenvalue weighted by molar-refractivity contribution is 7.85. The molecule has 0 fully saturated rings. The molecule has 172 valence electrons. The number of carbonyl (C=O) groups is 1. The van der Waals surface area contributed by atoms with Crippen molar-refractivity contribution in [3.63, 3.8) is 0 Å². The van der Waals surface area contributed by atoms with Gasteiger partial charge in [-0.2, -0.15) is 34.8 Å². The second-order valence-corrected chi connectivity index (χ2v) is 9.03. The average Bonchev–Trinajstić information content (AvgIpc) is 2.47. The first-order valence-electron chi connectivity index (χ1n) is 8.37. The number of hydrogen-bond acceptors (Lipinski definition) is 5. The minimum absolute atomic E-state index is 0.0985. The quantitative estimate of drug-likeness (QED) is 0.484. The van der Waals surface area contributed by atoms with Crippen molar-refractivity contribution in [2.75, 3.05) is 18.2 Å². The molecule has 0 spiro atoms. The molecule has 0 unspecified atom stereocenters. The van der Waals surface area contributed by atoms with E-state index in [1.807, 2.05) is 0 Å². The third-order valence-electron chi connectivity index (χ3n) is 3.77. The summed E-state index contributed by atoms with van der Waals surface area (Å²) in [4.78, 5) is 11.7. The summed E-state index contributed by atoms with van der Waals surface area (Å²) in [6, 6.07) is 2.80. The number of anilines is 1. The number of alkyl halides is 6. The number of benzene rings is 1. The summed E-state index contributed by atoms with van der Waals surface area (Å²) in [6.45, 7) is 3.36. The lowest BCUT2D eigenvalue weighted by molar-refractivity contribution is -0.306. The maximum absolute atomic E-state index is 13.7. The Bertz CT molecular complexity index is 827. The fraction of sp³-hybridized carbons (Fsp3) is 0.588. The van der Waals surface area contributed by atoms with Crippen LogP contribution in [0.25, 0.3) is 0 Å².